The van der Waals surface area contributed by atoms with E-state index in [9.17, 15) is 12.8 Å². The zero-order valence-electron chi connectivity index (χ0n) is 14.9. The number of aromatic nitrogens is 3. The molecule has 0 saturated carbocycles. The van der Waals surface area contributed by atoms with Crippen LogP contribution >= 0.6 is 0 Å². The van der Waals surface area contributed by atoms with Crippen LogP contribution in [-0.2, 0) is 29.3 Å². The van der Waals surface area contributed by atoms with Crippen molar-refractivity contribution in [3.8, 4) is 0 Å². The molecule has 2 N–H and O–H groups in total. The molecule has 8 heteroatoms. The fourth-order valence-electron chi connectivity index (χ4n) is 2.61. The molecule has 6 nitrogen and oxygen atoms in total. The third kappa shape index (κ3) is 5.21. The van der Waals surface area contributed by atoms with Crippen LogP contribution in [0.2, 0.25) is 0 Å². The molecule has 0 amide bonds. The normalized spacial score (nSPS) is 11.6. The third-order valence-electron chi connectivity index (χ3n) is 4.15. The molecule has 0 atom stereocenters. The molecule has 0 unspecified atom stereocenters. The summed E-state index contributed by atoms with van der Waals surface area (Å²) in [5, 5.41) is 6.93. The molecule has 0 saturated heterocycles. The van der Waals surface area contributed by atoms with Gasteiger partial charge in [0.15, 0.2) is 5.82 Å². The van der Waals surface area contributed by atoms with Crippen LogP contribution in [0.1, 0.15) is 29.7 Å². The molecule has 2 aromatic carbocycles. The summed E-state index contributed by atoms with van der Waals surface area (Å²) in [6, 6.07) is 13.0. The van der Waals surface area contributed by atoms with E-state index in [2.05, 4.69) is 19.9 Å². The van der Waals surface area contributed by atoms with E-state index >= 15 is 0 Å². The number of nitrogens with zero attached hydrogens (tertiary/aromatic N) is 2. The van der Waals surface area contributed by atoms with Crippen molar-refractivity contribution in [3.05, 3.63) is 77.1 Å². The van der Waals surface area contributed by atoms with Crippen molar-refractivity contribution in [2.24, 2.45) is 0 Å². The largest absolute Gasteiger partial charge is 0.263 e. The van der Waals surface area contributed by atoms with E-state index in [4.69, 9.17) is 0 Å². The van der Waals surface area contributed by atoms with Crippen LogP contribution in [0.4, 0.5) is 4.39 Å². The van der Waals surface area contributed by atoms with Crippen LogP contribution in [-0.4, -0.2) is 30.1 Å². The van der Waals surface area contributed by atoms with Crippen molar-refractivity contribution in [3.63, 3.8) is 0 Å². The summed E-state index contributed by atoms with van der Waals surface area (Å²) in [5.74, 6) is 0.888. The molecule has 0 aliphatic rings. The van der Waals surface area contributed by atoms with Crippen molar-refractivity contribution in [2.45, 2.75) is 31.1 Å². The van der Waals surface area contributed by atoms with E-state index < -0.39 is 10.0 Å². The van der Waals surface area contributed by atoms with Gasteiger partial charge in [-0.25, -0.2) is 22.5 Å². The Balaban J connectivity index is 1.54. The van der Waals surface area contributed by atoms with Crippen LogP contribution in [0.5, 0.6) is 0 Å². The van der Waals surface area contributed by atoms with Gasteiger partial charge in [-0.15, -0.1) is 0 Å². The minimum absolute atomic E-state index is 0.200. The second kappa shape index (κ2) is 8.41. The van der Waals surface area contributed by atoms with E-state index in [1.807, 2.05) is 19.1 Å². The highest BCUT2D eigenvalue weighted by atomic mass is 32.2. The lowest BCUT2D eigenvalue weighted by atomic mass is 10.1. The smallest absolute Gasteiger partial charge is 0.240 e. The van der Waals surface area contributed by atoms with Gasteiger partial charge < -0.3 is 0 Å². The number of nitrogens with one attached hydrogen (secondary N) is 2. The van der Waals surface area contributed by atoms with Gasteiger partial charge in [0.1, 0.15) is 11.6 Å². The second-order valence-corrected chi connectivity index (χ2v) is 7.91. The van der Waals surface area contributed by atoms with Crippen LogP contribution in [0, 0.1) is 5.82 Å². The molecule has 0 aliphatic heterocycles. The lowest BCUT2D eigenvalue weighted by Crippen LogP contribution is -2.26. The number of benzene rings is 2. The quantitative estimate of drug-likeness (QED) is 0.621. The summed E-state index contributed by atoms with van der Waals surface area (Å²) in [7, 11) is -3.55. The van der Waals surface area contributed by atoms with Crippen molar-refractivity contribution < 1.29 is 12.8 Å². The Bertz CT molecular complexity index is 983. The van der Waals surface area contributed by atoms with Crippen LogP contribution in [0.15, 0.2) is 53.4 Å². The Labute approximate surface area is 157 Å². The lowest BCUT2D eigenvalue weighted by molar-refractivity contribution is 0.581. The van der Waals surface area contributed by atoms with Crippen molar-refractivity contribution in [1.82, 2.24) is 19.9 Å². The molecular formula is C19H21FN4O2S. The van der Waals surface area contributed by atoms with E-state index in [0.717, 1.165) is 17.5 Å². The summed E-state index contributed by atoms with van der Waals surface area (Å²) in [5.41, 5.74) is 2.00. The highest BCUT2D eigenvalue weighted by molar-refractivity contribution is 7.89. The second-order valence-electron chi connectivity index (χ2n) is 6.15. The number of hydrogen-bond donors (Lipinski definition) is 2. The van der Waals surface area contributed by atoms with Gasteiger partial charge >= 0.3 is 0 Å². The zero-order valence-corrected chi connectivity index (χ0v) is 15.8. The molecule has 0 spiro atoms. The molecular weight excluding hydrogens is 367 g/mol. The van der Waals surface area contributed by atoms with E-state index in [-0.39, 0.29) is 17.3 Å². The highest BCUT2D eigenvalue weighted by Gasteiger charge is 2.14. The molecule has 3 aromatic rings. The maximum absolute atomic E-state index is 12.9. The number of halogens is 1. The number of aromatic amines is 1. The summed E-state index contributed by atoms with van der Waals surface area (Å²) < 4.78 is 40.1. The van der Waals surface area contributed by atoms with E-state index in [0.29, 0.717) is 24.5 Å². The number of sulfonamides is 1. The van der Waals surface area contributed by atoms with Gasteiger partial charge in [-0.2, -0.15) is 5.10 Å². The van der Waals surface area contributed by atoms with E-state index in [1.54, 1.807) is 24.3 Å². The number of aryl methyl sites for hydroxylation is 1. The summed E-state index contributed by atoms with van der Waals surface area (Å²) >= 11 is 0. The van der Waals surface area contributed by atoms with Gasteiger partial charge in [-0.3, -0.25) is 5.10 Å². The summed E-state index contributed by atoms with van der Waals surface area (Å²) in [6.07, 6.45) is 1.73. The fraction of sp³-hybridized carbons (Fsp3) is 0.263. The molecule has 0 bridgehead atoms. The van der Waals surface area contributed by atoms with Crippen LogP contribution in [0.3, 0.4) is 0 Å². The predicted molar refractivity (Wildman–Crippen MR) is 100 cm³/mol. The van der Waals surface area contributed by atoms with Crippen molar-refractivity contribution in [1.29, 1.82) is 0 Å². The van der Waals surface area contributed by atoms with Gasteiger partial charge in [0, 0.05) is 19.4 Å². The van der Waals surface area contributed by atoms with E-state index in [1.165, 1.54) is 12.1 Å². The first kappa shape index (κ1) is 19.2. The first-order valence-corrected chi connectivity index (χ1v) is 10.2. The van der Waals surface area contributed by atoms with Crippen LogP contribution in [0.25, 0.3) is 0 Å². The van der Waals surface area contributed by atoms with Gasteiger partial charge in [0.2, 0.25) is 10.0 Å². The van der Waals surface area contributed by atoms with Gasteiger partial charge in [0.05, 0.1) is 4.90 Å². The van der Waals surface area contributed by atoms with Gasteiger partial charge in [-0.05, 0) is 41.8 Å². The first-order chi connectivity index (χ1) is 13.0. The number of H-pyrrole nitrogens is 1. The average Bonchev–Trinajstić information content (AvgIpc) is 3.11. The molecule has 0 radical (unpaired) electrons. The average molecular weight is 388 g/mol. The minimum atomic E-state index is -3.55. The molecule has 0 aliphatic carbocycles. The third-order valence-corrected chi connectivity index (χ3v) is 5.62. The fourth-order valence-corrected chi connectivity index (χ4v) is 3.64. The molecule has 142 valence electrons. The molecule has 1 heterocycles. The Morgan fingerprint density at radius 2 is 1.70 bits per heavy atom. The maximum Gasteiger partial charge on any atom is 0.240 e. The monoisotopic (exact) mass is 388 g/mol. The molecule has 3 rings (SSSR count). The Morgan fingerprint density at radius 3 is 2.37 bits per heavy atom. The van der Waals surface area contributed by atoms with Crippen LogP contribution < -0.4 is 4.72 Å². The Hall–Kier alpha value is -2.58. The molecule has 1 aromatic heterocycles. The Morgan fingerprint density at radius 1 is 1.04 bits per heavy atom. The van der Waals surface area contributed by atoms with Gasteiger partial charge in [-0.1, -0.05) is 31.2 Å². The molecule has 0 fully saturated rings. The predicted octanol–water partition coefficient (Wildman–Crippen LogP) is 2.62. The minimum Gasteiger partial charge on any atom is -0.263 e. The summed E-state index contributed by atoms with van der Waals surface area (Å²) in [4.78, 5) is 4.59. The lowest BCUT2D eigenvalue weighted by Gasteiger charge is -2.06. The highest BCUT2D eigenvalue weighted by Crippen LogP contribution is 2.11. The van der Waals surface area contributed by atoms with Gasteiger partial charge in [0.25, 0.3) is 0 Å². The maximum atomic E-state index is 12.9. The molecule has 27 heavy (non-hydrogen) atoms. The SMILES string of the molecule is CCc1ccc(S(=O)(=O)NCCc2n[nH]c(Cc3ccc(F)cc3)n2)cc1. The first-order valence-electron chi connectivity index (χ1n) is 8.69. The Kier molecular flexibility index (Phi) is 5.98. The van der Waals surface area contributed by atoms with Crippen molar-refractivity contribution >= 4 is 10.0 Å². The zero-order chi connectivity index (χ0) is 19.3. The number of hydrogen-bond acceptors (Lipinski definition) is 4. The number of rotatable bonds is 8. The standard InChI is InChI=1S/C19H21FN4O2S/c1-2-14-5-9-17(10-6-14)27(25,26)21-12-11-18-22-19(24-23-18)13-15-3-7-16(20)8-4-15/h3-10,21H,2,11-13H2,1H3,(H,22,23,24). The van der Waals surface area contributed by atoms with Crippen molar-refractivity contribution in [2.75, 3.05) is 6.54 Å². The topological polar surface area (TPSA) is 87.7 Å². The summed E-state index contributed by atoms with van der Waals surface area (Å²) in [6.45, 7) is 2.22.